The van der Waals surface area contributed by atoms with Gasteiger partial charge in [0, 0.05) is 22.5 Å². The largest absolute Gasteiger partial charge is 0.399 e. The maximum Gasteiger partial charge on any atom is 0.195 e. The average Bonchev–Trinajstić information content (AvgIpc) is 2.68. The standard InChI is InChI=1S/C24H18N2O/c25-19-10-8-16-14-20(11-9-15(16)13-19)26-22-7-3-5-18-12-17-4-1-2-6-21(17)24(27)23(18)22/h1-11,13-14,26H,12,25H2. The van der Waals surface area contributed by atoms with Crippen molar-refractivity contribution in [2.75, 3.05) is 11.1 Å². The molecular formula is C24H18N2O. The summed E-state index contributed by atoms with van der Waals surface area (Å²) in [6.07, 6.45) is 0.782. The summed E-state index contributed by atoms with van der Waals surface area (Å²) in [5, 5.41) is 5.65. The Hall–Kier alpha value is -3.59. The number of nitrogen functional groups attached to an aromatic ring is 1. The van der Waals surface area contributed by atoms with E-state index in [1.165, 1.54) is 0 Å². The molecule has 0 spiro atoms. The molecule has 27 heavy (non-hydrogen) atoms. The highest BCUT2D eigenvalue weighted by Crippen LogP contribution is 2.33. The van der Waals surface area contributed by atoms with Gasteiger partial charge in [-0.2, -0.15) is 0 Å². The van der Waals surface area contributed by atoms with Crippen LogP contribution in [0.5, 0.6) is 0 Å². The van der Waals surface area contributed by atoms with Gasteiger partial charge < -0.3 is 11.1 Å². The lowest BCUT2D eigenvalue weighted by molar-refractivity contribution is 0.103. The number of hydrogen-bond donors (Lipinski definition) is 2. The molecule has 0 aromatic heterocycles. The lowest BCUT2D eigenvalue weighted by Gasteiger charge is -2.21. The zero-order valence-corrected chi connectivity index (χ0v) is 14.7. The van der Waals surface area contributed by atoms with Crippen LogP contribution in [0.1, 0.15) is 27.0 Å². The number of ketones is 1. The quantitative estimate of drug-likeness (QED) is 0.425. The number of nitrogens with one attached hydrogen (secondary N) is 1. The Labute approximate surface area is 157 Å². The molecule has 3 heteroatoms. The third-order valence-electron chi connectivity index (χ3n) is 5.16. The van der Waals surface area contributed by atoms with Crippen LogP contribution in [0, 0.1) is 0 Å². The average molecular weight is 350 g/mol. The van der Waals surface area contributed by atoms with E-state index in [4.69, 9.17) is 5.73 Å². The smallest absolute Gasteiger partial charge is 0.195 e. The van der Waals surface area contributed by atoms with Crippen LogP contribution in [0.3, 0.4) is 0 Å². The van der Waals surface area contributed by atoms with Crippen molar-refractivity contribution in [3.05, 3.63) is 101 Å². The van der Waals surface area contributed by atoms with Crippen LogP contribution in [0.15, 0.2) is 78.9 Å². The Bertz CT molecular complexity index is 1210. The second-order valence-electron chi connectivity index (χ2n) is 6.95. The lowest BCUT2D eigenvalue weighted by atomic mass is 9.84. The molecule has 5 rings (SSSR count). The fourth-order valence-corrected chi connectivity index (χ4v) is 3.85. The molecule has 0 radical (unpaired) electrons. The minimum atomic E-state index is 0.0866. The molecule has 0 amide bonds. The highest BCUT2D eigenvalue weighted by atomic mass is 16.1. The minimum Gasteiger partial charge on any atom is -0.399 e. The molecule has 4 aromatic carbocycles. The van der Waals surface area contributed by atoms with Gasteiger partial charge in [-0.1, -0.05) is 48.5 Å². The summed E-state index contributed by atoms with van der Waals surface area (Å²) in [4.78, 5) is 13.1. The maximum absolute atomic E-state index is 13.1. The van der Waals surface area contributed by atoms with Gasteiger partial charge in [0.2, 0.25) is 0 Å². The Morgan fingerprint density at radius 1 is 0.778 bits per heavy atom. The molecule has 0 bridgehead atoms. The van der Waals surface area contributed by atoms with Crippen molar-refractivity contribution in [2.45, 2.75) is 6.42 Å². The van der Waals surface area contributed by atoms with E-state index in [1.54, 1.807) is 0 Å². The van der Waals surface area contributed by atoms with E-state index in [2.05, 4.69) is 11.4 Å². The van der Waals surface area contributed by atoms with Gasteiger partial charge in [-0.3, -0.25) is 4.79 Å². The number of anilines is 3. The topological polar surface area (TPSA) is 55.1 Å². The number of rotatable bonds is 2. The zero-order valence-electron chi connectivity index (χ0n) is 14.7. The number of carbonyl (C=O) groups is 1. The van der Waals surface area contributed by atoms with Gasteiger partial charge in [-0.25, -0.2) is 0 Å². The summed E-state index contributed by atoms with van der Waals surface area (Å²) in [5.74, 6) is 0.0866. The van der Waals surface area contributed by atoms with Gasteiger partial charge in [-0.05, 0) is 58.7 Å². The van der Waals surface area contributed by atoms with Gasteiger partial charge in [-0.15, -0.1) is 0 Å². The molecule has 0 heterocycles. The molecule has 4 aromatic rings. The van der Waals surface area contributed by atoms with Crippen molar-refractivity contribution < 1.29 is 4.79 Å². The van der Waals surface area contributed by atoms with Crippen molar-refractivity contribution in [1.29, 1.82) is 0 Å². The summed E-state index contributed by atoms with van der Waals surface area (Å²) in [7, 11) is 0. The van der Waals surface area contributed by atoms with E-state index in [0.717, 1.165) is 56.5 Å². The van der Waals surface area contributed by atoms with Crippen molar-refractivity contribution in [3.63, 3.8) is 0 Å². The normalized spacial score (nSPS) is 12.5. The third kappa shape index (κ3) is 2.64. The van der Waals surface area contributed by atoms with E-state index in [-0.39, 0.29) is 5.78 Å². The predicted octanol–water partition coefficient (Wildman–Crippen LogP) is 5.30. The SMILES string of the molecule is Nc1ccc2cc(Nc3cccc4c3C(=O)c3ccccc3C4)ccc2c1. The Balaban J connectivity index is 1.56. The molecule has 0 saturated heterocycles. The Morgan fingerprint density at radius 2 is 1.56 bits per heavy atom. The van der Waals surface area contributed by atoms with Crippen molar-refractivity contribution >= 4 is 33.6 Å². The van der Waals surface area contributed by atoms with Crippen molar-refractivity contribution in [2.24, 2.45) is 0 Å². The maximum atomic E-state index is 13.1. The molecule has 0 unspecified atom stereocenters. The fourth-order valence-electron chi connectivity index (χ4n) is 3.85. The highest BCUT2D eigenvalue weighted by molar-refractivity contribution is 6.15. The fraction of sp³-hybridized carbons (Fsp3) is 0.0417. The third-order valence-corrected chi connectivity index (χ3v) is 5.16. The number of benzene rings is 4. The summed E-state index contributed by atoms with van der Waals surface area (Å²) in [5.41, 5.74) is 12.1. The Morgan fingerprint density at radius 3 is 2.48 bits per heavy atom. The predicted molar refractivity (Wildman–Crippen MR) is 111 cm³/mol. The lowest BCUT2D eigenvalue weighted by Crippen LogP contribution is -2.16. The Kier molecular flexibility index (Phi) is 3.47. The van der Waals surface area contributed by atoms with Crippen LogP contribution in [-0.4, -0.2) is 5.78 Å². The van der Waals surface area contributed by atoms with Crippen LogP contribution >= 0.6 is 0 Å². The molecule has 1 aliphatic rings. The number of carbonyl (C=O) groups excluding carboxylic acids is 1. The number of nitrogens with two attached hydrogens (primary N) is 1. The molecule has 0 fully saturated rings. The zero-order chi connectivity index (χ0) is 18.4. The summed E-state index contributed by atoms with van der Waals surface area (Å²) >= 11 is 0. The van der Waals surface area contributed by atoms with Crippen LogP contribution in [0.2, 0.25) is 0 Å². The van der Waals surface area contributed by atoms with Gasteiger partial charge in [0.1, 0.15) is 0 Å². The van der Waals surface area contributed by atoms with E-state index in [9.17, 15) is 4.79 Å². The molecule has 0 atom stereocenters. The molecular weight excluding hydrogens is 332 g/mol. The van der Waals surface area contributed by atoms with E-state index in [0.29, 0.717) is 0 Å². The highest BCUT2D eigenvalue weighted by Gasteiger charge is 2.25. The first kappa shape index (κ1) is 15.6. The van der Waals surface area contributed by atoms with Crippen LogP contribution in [-0.2, 0) is 6.42 Å². The van der Waals surface area contributed by atoms with Gasteiger partial charge in [0.05, 0.1) is 5.69 Å². The van der Waals surface area contributed by atoms with E-state index < -0.39 is 0 Å². The molecule has 3 N–H and O–H groups in total. The number of fused-ring (bicyclic) bond motifs is 3. The monoisotopic (exact) mass is 350 g/mol. The van der Waals surface area contributed by atoms with Gasteiger partial charge >= 0.3 is 0 Å². The molecule has 0 aliphatic heterocycles. The van der Waals surface area contributed by atoms with Crippen LogP contribution in [0.4, 0.5) is 17.1 Å². The van der Waals surface area contributed by atoms with Gasteiger partial charge in [0.15, 0.2) is 5.78 Å². The summed E-state index contributed by atoms with van der Waals surface area (Å²) in [6.45, 7) is 0. The van der Waals surface area contributed by atoms with Gasteiger partial charge in [0.25, 0.3) is 0 Å². The van der Waals surface area contributed by atoms with Crippen LogP contribution < -0.4 is 11.1 Å². The molecule has 3 nitrogen and oxygen atoms in total. The first-order valence-corrected chi connectivity index (χ1v) is 9.00. The van der Waals surface area contributed by atoms with E-state index >= 15 is 0 Å². The van der Waals surface area contributed by atoms with Crippen molar-refractivity contribution in [3.8, 4) is 0 Å². The molecule has 130 valence electrons. The minimum absolute atomic E-state index is 0.0866. The summed E-state index contributed by atoms with van der Waals surface area (Å²) < 4.78 is 0. The van der Waals surface area contributed by atoms with E-state index in [1.807, 2.05) is 72.8 Å². The second kappa shape index (κ2) is 5.99. The molecule has 0 saturated carbocycles. The number of hydrogen-bond acceptors (Lipinski definition) is 3. The molecule has 1 aliphatic carbocycles. The second-order valence-corrected chi connectivity index (χ2v) is 6.95. The van der Waals surface area contributed by atoms with Crippen molar-refractivity contribution in [1.82, 2.24) is 0 Å². The van der Waals surface area contributed by atoms with Crippen LogP contribution in [0.25, 0.3) is 10.8 Å². The first-order chi connectivity index (χ1) is 13.2. The first-order valence-electron chi connectivity index (χ1n) is 9.00. The summed E-state index contributed by atoms with van der Waals surface area (Å²) in [6, 6.07) is 25.9.